The Labute approximate surface area is 156 Å². The summed E-state index contributed by atoms with van der Waals surface area (Å²) < 4.78 is 5.80. The van der Waals surface area contributed by atoms with Gasteiger partial charge < -0.3 is 4.18 Å². The lowest BCUT2D eigenvalue weighted by Crippen LogP contribution is -2.46. The first kappa shape index (κ1) is 16.3. The van der Waals surface area contributed by atoms with Gasteiger partial charge >= 0.3 is 0 Å². The third kappa shape index (κ3) is 2.32. The third-order valence-corrected chi connectivity index (χ3v) is 7.91. The maximum absolute atomic E-state index is 5.80. The maximum Gasteiger partial charge on any atom is 0.137 e. The molecule has 0 N–H and O–H groups in total. The van der Waals surface area contributed by atoms with Crippen LogP contribution in [0.2, 0.25) is 0 Å². The van der Waals surface area contributed by atoms with Crippen LogP contribution in [-0.4, -0.2) is 0 Å². The fourth-order valence-electron chi connectivity index (χ4n) is 5.85. The second-order valence-electron chi connectivity index (χ2n) is 8.13. The van der Waals surface area contributed by atoms with E-state index in [0.717, 1.165) is 24.0 Å². The van der Waals surface area contributed by atoms with Crippen LogP contribution in [0, 0.1) is 22.7 Å². The van der Waals surface area contributed by atoms with Crippen LogP contribution in [0.5, 0.6) is 0 Å². The largest absolute Gasteiger partial charge is 0.415 e. The number of allylic oxidation sites excluding steroid dienone is 7. The Balaban J connectivity index is 1.70. The van der Waals surface area contributed by atoms with E-state index in [1.807, 2.05) is 0 Å². The van der Waals surface area contributed by atoms with Crippen LogP contribution in [0.25, 0.3) is 0 Å². The second kappa shape index (κ2) is 5.69. The van der Waals surface area contributed by atoms with Crippen molar-refractivity contribution in [1.82, 2.24) is 0 Å². The number of halogens is 1. The topological polar surface area (TPSA) is 9.23 Å². The van der Waals surface area contributed by atoms with Gasteiger partial charge in [-0.25, -0.2) is 0 Å². The van der Waals surface area contributed by atoms with Gasteiger partial charge in [0, 0.05) is 26.6 Å². The molecule has 3 heteroatoms. The molecule has 0 radical (unpaired) electrons. The number of hydrogen-bond donors (Lipinski definition) is 0. The zero-order valence-corrected chi connectivity index (χ0v) is 17.2. The molecule has 4 atom stereocenters. The van der Waals surface area contributed by atoms with Crippen LogP contribution >= 0.6 is 30.4 Å². The van der Waals surface area contributed by atoms with E-state index in [-0.39, 0.29) is 0 Å². The number of hydrogen-bond acceptors (Lipinski definition) is 2. The summed E-state index contributed by atoms with van der Waals surface area (Å²) in [5.74, 6) is 2.68. The van der Waals surface area contributed by atoms with Gasteiger partial charge in [0.1, 0.15) is 15.0 Å². The molecule has 0 saturated heterocycles. The molecule has 4 rings (SSSR count). The zero-order valence-electron chi connectivity index (χ0n) is 14.2. The molecule has 0 amide bonds. The van der Waals surface area contributed by atoms with Crippen molar-refractivity contribution < 1.29 is 4.18 Å². The first-order chi connectivity index (χ1) is 11.0. The lowest BCUT2D eigenvalue weighted by Gasteiger charge is -2.55. The molecule has 2 saturated carbocycles. The van der Waals surface area contributed by atoms with E-state index in [1.54, 1.807) is 11.1 Å². The minimum Gasteiger partial charge on any atom is -0.415 e. The highest BCUT2D eigenvalue weighted by Crippen LogP contribution is 2.63. The van der Waals surface area contributed by atoms with E-state index in [9.17, 15) is 0 Å². The predicted molar refractivity (Wildman–Crippen MR) is 107 cm³/mol. The molecule has 2 fully saturated rings. The molecule has 23 heavy (non-hydrogen) atoms. The summed E-state index contributed by atoms with van der Waals surface area (Å²) in [6, 6.07) is 0. The maximum atomic E-state index is 5.80. The van der Waals surface area contributed by atoms with Crippen molar-refractivity contribution in [3.05, 3.63) is 46.8 Å². The summed E-state index contributed by atoms with van der Waals surface area (Å²) in [6.45, 7) is 7.25. The highest BCUT2D eigenvalue weighted by Gasteiger charge is 2.53. The SMILES string of the molecule is CC1=C2CCC3C4=CC=CC4(C)CCC3C2(C)CC=C1OSI. The zero-order chi connectivity index (χ0) is 16.2. The molecule has 0 aromatic carbocycles. The number of fused-ring (bicyclic) bond motifs is 5. The van der Waals surface area contributed by atoms with Crippen molar-refractivity contribution in [3.63, 3.8) is 0 Å². The van der Waals surface area contributed by atoms with Gasteiger partial charge in [-0.1, -0.05) is 43.2 Å². The lowest BCUT2D eigenvalue weighted by molar-refractivity contribution is 0.0751. The first-order valence-corrected chi connectivity index (χ1v) is 12.0. The van der Waals surface area contributed by atoms with Crippen LogP contribution < -0.4 is 0 Å². The quantitative estimate of drug-likeness (QED) is 0.340. The molecule has 0 aliphatic heterocycles. The van der Waals surface area contributed by atoms with Crippen molar-refractivity contribution in [2.45, 2.75) is 52.9 Å². The third-order valence-electron chi connectivity index (χ3n) is 7.13. The van der Waals surface area contributed by atoms with E-state index in [4.69, 9.17) is 4.18 Å². The summed E-state index contributed by atoms with van der Waals surface area (Å²) in [6.07, 6.45) is 15.9. The van der Waals surface area contributed by atoms with Gasteiger partial charge in [-0.15, -0.1) is 0 Å². The second-order valence-corrected chi connectivity index (χ2v) is 9.50. The van der Waals surface area contributed by atoms with Crippen LogP contribution in [-0.2, 0) is 4.18 Å². The predicted octanol–water partition coefficient (Wildman–Crippen LogP) is 6.93. The summed E-state index contributed by atoms with van der Waals surface area (Å²) in [7, 11) is 1.44. The van der Waals surface area contributed by atoms with Crippen LogP contribution in [0.3, 0.4) is 0 Å². The average Bonchev–Trinajstić information content (AvgIpc) is 2.92. The van der Waals surface area contributed by atoms with Gasteiger partial charge in [-0.3, -0.25) is 0 Å². The normalized spacial score (nSPS) is 41.7. The minimum atomic E-state index is 0.334. The Morgan fingerprint density at radius 1 is 1.30 bits per heavy atom. The monoisotopic (exact) mass is 440 g/mol. The molecule has 0 aromatic rings. The summed E-state index contributed by atoms with van der Waals surface area (Å²) in [5.41, 5.74) is 5.50. The van der Waals surface area contributed by atoms with E-state index < -0.39 is 0 Å². The Hall–Kier alpha value is -0.160. The van der Waals surface area contributed by atoms with Gasteiger partial charge in [0.25, 0.3) is 0 Å². The van der Waals surface area contributed by atoms with Crippen molar-refractivity contribution in [2.24, 2.45) is 22.7 Å². The molecule has 4 aliphatic carbocycles. The van der Waals surface area contributed by atoms with E-state index in [0.29, 0.717) is 10.8 Å². The highest BCUT2D eigenvalue weighted by atomic mass is 127. The summed E-state index contributed by atoms with van der Waals surface area (Å²) in [4.78, 5) is 0. The molecular weight excluding hydrogens is 415 g/mol. The standard InChI is InChI=1S/C20H25IOS/c1-13-15-7-6-14-16-5-4-10-19(16,2)11-8-17(14)20(15,3)12-9-18(13)22-23-21/h4-5,9-10,14,17H,6-8,11-12H2,1-3H3. The molecule has 0 aromatic heterocycles. The van der Waals surface area contributed by atoms with Gasteiger partial charge in [0.2, 0.25) is 0 Å². The Bertz CT molecular complexity index is 659. The average molecular weight is 440 g/mol. The van der Waals surface area contributed by atoms with Crippen LogP contribution in [0.4, 0.5) is 0 Å². The molecule has 4 aliphatic rings. The highest BCUT2D eigenvalue weighted by molar-refractivity contribution is 14.2. The molecule has 4 unspecified atom stereocenters. The molecule has 1 nitrogen and oxygen atoms in total. The Morgan fingerprint density at radius 3 is 2.91 bits per heavy atom. The van der Waals surface area contributed by atoms with Crippen molar-refractivity contribution in [3.8, 4) is 0 Å². The lowest BCUT2D eigenvalue weighted by atomic mass is 9.49. The van der Waals surface area contributed by atoms with Gasteiger partial charge in [0.15, 0.2) is 0 Å². The molecular formula is C20H25IOS. The molecule has 0 heterocycles. The van der Waals surface area contributed by atoms with Crippen molar-refractivity contribution in [1.29, 1.82) is 0 Å². The molecule has 124 valence electrons. The summed E-state index contributed by atoms with van der Waals surface area (Å²) >= 11 is 2.22. The fourth-order valence-corrected chi connectivity index (χ4v) is 6.70. The van der Waals surface area contributed by atoms with Gasteiger partial charge in [-0.2, -0.15) is 0 Å². The molecule has 0 spiro atoms. The van der Waals surface area contributed by atoms with Gasteiger partial charge in [0.05, 0.1) is 0 Å². The van der Waals surface area contributed by atoms with Crippen molar-refractivity contribution >= 4 is 30.4 Å². The van der Waals surface area contributed by atoms with Crippen LogP contribution in [0.1, 0.15) is 52.9 Å². The summed E-state index contributed by atoms with van der Waals surface area (Å²) in [5, 5.41) is 0. The van der Waals surface area contributed by atoms with E-state index >= 15 is 0 Å². The van der Waals surface area contributed by atoms with E-state index in [2.05, 4.69) is 66.3 Å². The minimum absolute atomic E-state index is 0.334. The van der Waals surface area contributed by atoms with Crippen LogP contribution in [0.15, 0.2) is 46.8 Å². The first-order valence-electron chi connectivity index (χ1n) is 8.75. The fraction of sp³-hybridized carbons (Fsp3) is 0.600. The Kier molecular flexibility index (Phi) is 4.03. The smallest absolute Gasteiger partial charge is 0.137 e. The Morgan fingerprint density at radius 2 is 2.13 bits per heavy atom. The molecule has 0 bridgehead atoms. The number of rotatable bonds is 2. The van der Waals surface area contributed by atoms with E-state index in [1.165, 1.54) is 40.5 Å². The van der Waals surface area contributed by atoms with Gasteiger partial charge in [-0.05, 0) is 67.9 Å². The van der Waals surface area contributed by atoms with Crippen molar-refractivity contribution in [2.75, 3.05) is 0 Å².